The lowest BCUT2D eigenvalue weighted by atomic mass is 10.0. The van der Waals surface area contributed by atoms with E-state index >= 15 is 0 Å². The number of benzene rings is 1. The molecule has 0 aromatic heterocycles. The van der Waals surface area contributed by atoms with Gasteiger partial charge in [0.2, 0.25) is 0 Å². The fourth-order valence-electron chi connectivity index (χ4n) is 7.39. The molecule has 0 saturated carbocycles. The van der Waals surface area contributed by atoms with Crippen LogP contribution in [0.2, 0.25) is 0 Å². The van der Waals surface area contributed by atoms with Crippen LogP contribution in [0, 0.1) is 0 Å². The summed E-state index contributed by atoms with van der Waals surface area (Å²) in [5.74, 6) is 0.0342. The number of nitrogens with zero attached hydrogens (tertiary/aromatic N) is 1. The van der Waals surface area contributed by atoms with E-state index in [1.54, 1.807) is 0 Å². The van der Waals surface area contributed by atoms with Gasteiger partial charge in [-0.15, -0.1) is 0 Å². The Balaban J connectivity index is 2.22. The Labute approximate surface area is 354 Å². The number of aliphatic carboxylic acids is 2. The molecule has 0 amide bonds. The van der Waals surface area contributed by atoms with Crippen molar-refractivity contribution in [3.05, 3.63) is 23.8 Å². The number of hydrogen-bond donors (Lipinski definition) is 2. The minimum atomic E-state index is -0.676. The summed E-state index contributed by atoms with van der Waals surface area (Å²) < 4.78 is 18.0. The van der Waals surface area contributed by atoms with Gasteiger partial charge in [-0.25, -0.2) is 0 Å². The number of hydrogen-bond acceptors (Lipinski definition) is 7. The van der Waals surface area contributed by atoms with Crippen LogP contribution in [0.1, 0.15) is 224 Å². The molecule has 2 N–H and O–H groups in total. The maximum absolute atomic E-state index is 12.4. The first kappa shape index (κ1) is 53.2. The molecule has 0 atom stereocenters. The Morgan fingerprint density at radius 2 is 0.741 bits per heavy atom. The molecule has 1 aromatic rings. The predicted octanol–water partition coefficient (Wildman–Crippen LogP) is 13.5. The second-order valence-corrected chi connectivity index (χ2v) is 17.0. The van der Waals surface area contributed by atoms with E-state index in [4.69, 9.17) is 24.4 Å². The monoisotopic (exact) mass is 818 g/mol. The zero-order valence-electron chi connectivity index (χ0n) is 37.4. The Kier molecular flexibility index (Phi) is 36.4. The molecule has 0 spiro atoms. The van der Waals surface area contributed by atoms with Gasteiger partial charge in [-0.2, -0.15) is 0 Å². The van der Waals surface area contributed by atoms with Gasteiger partial charge < -0.3 is 29.3 Å². The molecule has 0 saturated heterocycles. The molecular formula is C49H87NO8. The number of carboxylic acids is 2. The number of esters is 1. The normalized spacial score (nSPS) is 11.3. The van der Waals surface area contributed by atoms with Crippen LogP contribution >= 0.6 is 0 Å². The van der Waals surface area contributed by atoms with Gasteiger partial charge in [0.25, 0.3) is 0 Å². The lowest BCUT2D eigenvalue weighted by molar-refractivity contribution is -0.145. The average Bonchev–Trinajstić information content (AvgIpc) is 3.18. The van der Waals surface area contributed by atoms with Crippen LogP contribution in [-0.4, -0.2) is 66.9 Å². The molecule has 0 unspecified atom stereocenters. The first-order chi connectivity index (χ1) is 28.3. The minimum Gasteiger partial charge on any atom is -0.493 e. The molecule has 0 heterocycles. The Morgan fingerprint density at radius 3 is 1.05 bits per heavy atom. The molecule has 58 heavy (non-hydrogen) atoms. The summed E-state index contributed by atoms with van der Waals surface area (Å²) >= 11 is 0. The van der Waals surface area contributed by atoms with E-state index in [1.807, 2.05) is 32.3 Å². The second kappa shape index (κ2) is 39.6. The maximum Gasteiger partial charge on any atom is 0.306 e. The van der Waals surface area contributed by atoms with E-state index in [9.17, 15) is 14.4 Å². The van der Waals surface area contributed by atoms with Gasteiger partial charge in [0.1, 0.15) is 18.1 Å². The Morgan fingerprint density at radius 1 is 0.431 bits per heavy atom. The van der Waals surface area contributed by atoms with Crippen molar-refractivity contribution in [1.29, 1.82) is 0 Å². The molecule has 9 nitrogen and oxygen atoms in total. The number of unbranched alkanes of at least 4 members (excludes halogenated alkanes) is 28. The third-order valence-corrected chi connectivity index (χ3v) is 10.9. The van der Waals surface area contributed by atoms with Crippen molar-refractivity contribution in [2.45, 2.75) is 225 Å². The van der Waals surface area contributed by atoms with Crippen molar-refractivity contribution in [3.8, 4) is 11.5 Å². The largest absolute Gasteiger partial charge is 0.493 e. The highest BCUT2D eigenvalue weighted by atomic mass is 16.5. The third-order valence-electron chi connectivity index (χ3n) is 10.9. The van der Waals surface area contributed by atoms with E-state index in [0.29, 0.717) is 32.5 Å². The minimum absolute atomic E-state index is 0.174. The quantitative estimate of drug-likeness (QED) is 0.0489. The molecule has 0 bridgehead atoms. The molecule has 0 aliphatic heterocycles. The predicted molar refractivity (Wildman–Crippen MR) is 238 cm³/mol. The lowest BCUT2D eigenvalue weighted by Gasteiger charge is -2.13. The highest BCUT2D eigenvalue weighted by Gasteiger charge is 2.09. The van der Waals surface area contributed by atoms with Gasteiger partial charge in [0.05, 0.1) is 13.2 Å². The van der Waals surface area contributed by atoms with E-state index in [1.165, 1.54) is 154 Å². The van der Waals surface area contributed by atoms with Crippen molar-refractivity contribution in [2.24, 2.45) is 0 Å². The molecule has 1 rings (SSSR count). The van der Waals surface area contributed by atoms with Crippen molar-refractivity contribution < 1.29 is 38.8 Å². The molecular weight excluding hydrogens is 731 g/mol. The fourth-order valence-corrected chi connectivity index (χ4v) is 7.39. The van der Waals surface area contributed by atoms with Crippen molar-refractivity contribution in [1.82, 2.24) is 4.90 Å². The maximum atomic E-state index is 12.4. The molecule has 0 aliphatic carbocycles. The van der Waals surface area contributed by atoms with Crippen molar-refractivity contribution in [3.63, 3.8) is 0 Å². The fraction of sp³-hybridized carbons (Fsp3) is 0.816. The summed E-state index contributed by atoms with van der Waals surface area (Å²) in [5.41, 5.74) is 0.898. The first-order valence-electron chi connectivity index (χ1n) is 23.9. The van der Waals surface area contributed by atoms with E-state index in [-0.39, 0.29) is 12.6 Å². The van der Waals surface area contributed by atoms with Gasteiger partial charge in [-0.05, 0) is 70.4 Å². The zero-order valence-corrected chi connectivity index (χ0v) is 37.4. The number of carbonyl (C=O) groups excluding carboxylic acids is 1. The third kappa shape index (κ3) is 37.5. The smallest absolute Gasteiger partial charge is 0.306 e. The van der Waals surface area contributed by atoms with E-state index < -0.39 is 11.9 Å². The van der Waals surface area contributed by atoms with Crippen LogP contribution in [0.15, 0.2) is 18.2 Å². The molecule has 0 fully saturated rings. The molecule has 1 aromatic carbocycles. The summed E-state index contributed by atoms with van der Waals surface area (Å²) in [6.45, 7) is 2.43. The van der Waals surface area contributed by atoms with Crippen LogP contribution in [0.3, 0.4) is 0 Å². The molecule has 9 heteroatoms. The van der Waals surface area contributed by atoms with E-state index in [0.717, 1.165) is 68.6 Å². The average molecular weight is 818 g/mol. The first-order valence-corrected chi connectivity index (χ1v) is 23.9. The van der Waals surface area contributed by atoms with Crippen molar-refractivity contribution >= 4 is 17.9 Å². The molecule has 336 valence electrons. The standard InChI is InChI=1S/C49H87NO8/c1-50(2)37-33-36-49(55)58-43-44-40-45(56-38-31-27-23-19-15-11-7-3-5-9-13-17-21-25-29-34-47(51)52)42-46(41-44)57-39-32-28-24-20-16-12-8-4-6-10-14-18-22-26-30-35-48(53)54/h40-42H,3-39,43H2,1-2H3,(H,51,52)(H,53,54). The van der Waals surface area contributed by atoms with Gasteiger partial charge in [0.15, 0.2) is 0 Å². The molecule has 0 aliphatic rings. The summed E-state index contributed by atoms with van der Waals surface area (Å²) in [6.07, 6.45) is 38.2. The molecule has 0 radical (unpaired) electrons. The van der Waals surface area contributed by atoms with Gasteiger partial charge in [-0.3, -0.25) is 14.4 Å². The van der Waals surface area contributed by atoms with E-state index in [2.05, 4.69) is 4.90 Å². The second-order valence-electron chi connectivity index (χ2n) is 17.0. The van der Waals surface area contributed by atoms with Crippen LogP contribution in [-0.2, 0) is 25.7 Å². The number of rotatable bonds is 44. The number of carboxylic acid groups (broad SMARTS) is 2. The zero-order chi connectivity index (χ0) is 42.2. The summed E-state index contributed by atoms with van der Waals surface area (Å²) in [4.78, 5) is 35.6. The van der Waals surface area contributed by atoms with Crippen LogP contribution in [0.25, 0.3) is 0 Å². The highest BCUT2D eigenvalue weighted by molar-refractivity contribution is 5.69. The van der Waals surface area contributed by atoms with Crippen LogP contribution in [0.5, 0.6) is 11.5 Å². The Bertz CT molecular complexity index is 1060. The summed E-state index contributed by atoms with van der Waals surface area (Å²) in [6, 6.07) is 5.94. The van der Waals surface area contributed by atoms with Crippen molar-refractivity contribution in [2.75, 3.05) is 33.9 Å². The van der Waals surface area contributed by atoms with Crippen LogP contribution < -0.4 is 9.47 Å². The van der Waals surface area contributed by atoms with Gasteiger partial charge >= 0.3 is 17.9 Å². The summed E-state index contributed by atoms with van der Waals surface area (Å²) in [7, 11) is 4.02. The Hall–Kier alpha value is -2.81. The van der Waals surface area contributed by atoms with Gasteiger partial charge in [-0.1, -0.05) is 167 Å². The lowest BCUT2D eigenvalue weighted by Crippen LogP contribution is -2.15. The highest BCUT2D eigenvalue weighted by Crippen LogP contribution is 2.25. The van der Waals surface area contributed by atoms with Gasteiger partial charge in [0, 0.05) is 25.3 Å². The SMILES string of the molecule is CN(C)CCCC(=O)OCc1cc(OCCCCCCCCCCCCCCCCCC(=O)O)cc(OCCCCCCCCCCCCCCCCCC(=O)O)c1. The number of ether oxygens (including phenoxy) is 3. The summed E-state index contributed by atoms with van der Waals surface area (Å²) in [5, 5.41) is 17.4. The topological polar surface area (TPSA) is 123 Å². The number of carbonyl (C=O) groups is 3. The van der Waals surface area contributed by atoms with Crippen LogP contribution in [0.4, 0.5) is 0 Å².